The number of hydrogen-bond acceptors (Lipinski definition) is 1. The predicted octanol–water partition coefficient (Wildman–Crippen LogP) is 14.3. The lowest BCUT2D eigenvalue weighted by Crippen LogP contribution is -2.12. The van der Waals surface area contributed by atoms with E-state index in [2.05, 4.69) is 185 Å². The van der Waals surface area contributed by atoms with Crippen LogP contribution in [0.1, 0.15) is 43.6 Å². The van der Waals surface area contributed by atoms with E-state index in [4.69, 9.17) is 0 Å². The molecule has 0 aliphatic heterocycles. The predicted molar refractivity (Wildman–Crippen MR) is 222 cm³/mol. The Morgan fingerprint density at radius 3 is 1.88 bits per heavy atom. The molecule has 0 radical (unpaired) electrons. The van der Waals surface area contributed by atoms with Crippen molar-refractivity contribution in [1.29, 1.82) is 0 Å². The fourth-order valence-electron chi connectivity index (χ4n) is 9.08. The second-order valence-corrected chi connectivity index (χ2v) is 14.3. The van der Waals surface area contributed by atoms with Crippen LogP contribution in [0.15, 0.2) is 176 Å². The average Bonchev–Trinajstić information content (AvgIpc) is 3.56. The van der Waals surface area contributed by atoms with Gasteiger partial charge in [0, 0.05) is 27.4 Å². The molecule has 10 rings (SSSR count). The zero-order valence-electron chi connectivity index (χ0n) is 29.3. The van der Waals surface area contributed by atoms with Gasteiger partial charge >= 0.3 is 0 Å². The lowest BCUT2D eigenvalue weighted by molar-refractivity contribution is 0.445. The smallest absolute Gasteiger partial charge is 0.0562 e. The third-order valence-corrected chi connectivity index (χ3v) is 11.4. The number of nitrogens with zero attached hydrogens (tertiary/aromatic N) is 2. The van der Waals surface area contributed by atoms with Crippen molar-refractivity contribution in [3.63, 3.8) is 0 Å². The molecule has 0 unspecified atom stereocenters. The van der Waals surface area contributed by atoms with Crippen LogP contribution < -0.4 is 4.90 Å². The molecule has 0 spiro atoms. The van der Waals surface area contributed by atoms with E-state index in [1.807, 2.05) is 0 Å². The standard InChI is InChI=1S/C50H40N2/c1-3-17-36(18-4-1)40-28-13-21-37-22-14-29-42(49(37)40)41-26-9-11-30-45(41)52(44-32-15-20-35-19-7-8-25-39(35)44)48-34-16-33-47-50(48)43-27-10-12-31-46(43)51(47)38-23-5-2-6-24-38/h2,5-16,19-34,36H,1,3-4,17-18H2. The average molecular weight is 669 g/mol. The minimum atomic E-state index is 0.595. The Balaban J connectivity index is 1.30. The van der Waals surface area contributed by atoms with Gasteiger partial charge in [-0.15, -0.1) is 0 Å². The van der Waals surface area contributed by atoms with Gasteiger partial charge in [-0.1, -0.05) is 153 Å². The molecule has 1 aliphatic carbocycles. The third-order valence-electron chi connectivity index (χ3n) is 11.4. The molecule has 0 amide bonds. The Bertz CT molecular complexity index is 2720. The Morgan fingerprint density at radius 2 is 1.00 bits per heavy atom. The molecule has 52 heavy (non-hydrogen) atoms. The van der Waals surface area contributed by atoms with Crippen LogP contribution in [0.25, 0.3) is 60.2 Å². The van der Waals surface area contributed by atoms with Crippen LogP contribution in [-0.2, 0) is 0 Å². The fraction of sp³-hybridized carbons (Fsp3) is 0.120. The molecular formula is C50H40N2. The molecule has 0 bridgehead atoms. The lowest BCUT2D eigenvalue weighted by atomic mass is 9.80. The van der Waals surface area contributed by atoms with Gasteiger partial charge in [-0.2, -0.15) is 0 Å². The number of para-hydroxylation sites is 3. The molecular weight excluding hydrogens is 629 g/mol. The molecule has 8 aromatic carbocycles. The van der Waals surface area contributed by atoms with Crippen molar-refractivity contribution >= 4 is 60.4 Å². The minimum absolute atomic E-state index is 0.595. The molecule has 1 fully saturated rings. The maximum Gasteiger partial charge on any atom is 0.0562 e. The van der Waals surface area contributed by atoms with Crippen molar-refractivity contribution in [2.24, 2.45) is 0 Å². The van der Waals surface area contributed by atoms with Crippen LogP contribution in [0.4, 0.5) is 17.1 Å². The highest BCUT2D eigenvalue weighted by Crippen LogP contribution is 2.49. The second-order valence-electron chi connectivity index (χ2n) is 14.3. The highest BCUT2D eigenvalue weighted by Gasteiger charge is 2.26. The van der Waals surface area contributed by atoms with Gasteiger partial charge in [0.25, 0.3) is 0 Å². The van der Waals surface area contributed by atoms with E-state index in [-0.39, 0.29) is 0 Å². The first kappa shape index (κ1) is 30.7. The van der Waals surface area contributed by atoms with E-state index in [9.17, 15) is 0 Å². The summed E-state index contributed by atoms with van der Waals surface area (Å²) in [7, 11) is 0. The normalized spacial score (nSPS) is 13.7. The molecule has 0 atom stereocenters. The molecule has 2 nitrogen and oxygen atoms in total. The first-order valence-corrected chi connectivity index (χ1v) is 18.8. The molecule has 1 aliphatic rings. The van der Waals surface area contributed by atoms with Gasteiger partial charge in [-0.25, -0.2) is 0 Å². The van der Waals surface area contributed by atoms with Crippen LogP contribution in [0.5, 0.6) is 0 Å². The van der Waals surface area contributed by atoms with E-state index in [0.29, 0.717) is 5.92 Å². The van der Waals surface area contributed by atoms with Crippen molar-refractivity contribution in [2.75, 3.05) is 4.90 Å². The van der Waals surface area contributed by atoms with E-state index < -0.39 is 0 Å². The number of anilines is 3. The van der Waals surface area contributed by atoms with Gasteiger partial charge in [-0.05, 0) is 88.5 Å². The number of rotatable bonds is 6. The van der Waals surface area contributed by atoms with E-state index >= 15 is 0 Å². The Labute approximate surface area is 305 Å². The monoisotopic (exact) mass is 668 g/mol. The highest BCUT2D eigenvalue weighted by molar-refractivity contribution is 6.18. The zero-order valence-corrected chi connectivity index (χ0v) is 29.3. The first-order chi connectivity index (χ1) is 25.8. The Hall–Kier alpha value is -6.12. The summed E-state index contributed by atoms with van der Waals surface area (Å²) >= 11 is 0. The number of fused-ring (bicyclic) bond motifs is 5. The van der Waals surface area contributed by atoms with Gasteiger partial charge in [0.2, 0.25) is 0 Å². The largest absolute Gasteiger partial charge is 0.309 e. The molecule has 2 heteroatoms. The number of benzene rings is 8. The second kappa shape index (κ2) is 12.9. The SMILES string of the molecule is c1ccc(-n2c3ccccc3c3c(N(c4ccccc4-c4cccc5cccc(C6CCCCC6)c45)c4cccc5ccccc45)cccc32)cc1. The van der Waals surface area contributed by atoms with Crippen LogP contribution in [0.3, 0.4) is 0 Å². The van der Waals surface area contributed by atoms with Crippen molar-refractivity contribution in [1.82, 2.24) is 4.57 Å². The maximum absolute atomic E-state index is 2.55. The zero-order chi connectivity index (χ0) is 34.4. The van der Waals surface area contributed by atoms with Crippen LogP contribution in [0.2, 0.25) is 0 Å². The number of aromatic nitrogens is 1. The van der Waals surface area contributed by atoms with Gasteiger partial charge in [0.15, 0.2) is 0 Å². The molecule has 1 aromatic heterocycles. The molecule has 0 saturated heterocycles. The minimum Gasteiger partial charge on any atom is -0.309 e. The van der Waals surface area contributed by atoms with E-state index in [0.717, 1.165) is 5.69 Å². The summed E-state index contributed by atoms with van der Waals surface area (Å²) < 4.78 is 2.42. The van der Waals surface area contributed by atoms with Crippen LogP contribution >= 0.6 is 0 Å². The van der Waals surface area contributed by atoms with Gasteiger partial charge in [-0.3, -0.25) is 0 Å². The van der Waals surface area contributed by atoms with Crippen molar-refractivity contribution in [3.05, 3.63) is 181 Å². The summed E-state index contributed by atoms with van der Waals surface area (Å²) in [5.41, 5.74) is 11.1. The van der Waals surface area contributed by atoms with Crippen molar-refractivity contribution in [2.45, 2.75) is 38.0 Å². The first-order valence-electron chi connectivity index (χ1n) is 18.8. The summed E-state index contributed by atoms with van der Waals surface area (Å²) in [6, 6.07) is 65.0. The highest BCUT2D eigenvalue weighted by atomic mass is 15.2. The molecule has 1 saturated carbocycles. The third kappa shape index (κ3) is 5.01. The molecule has 1 heterocycles. The molecule has 9 aromatic rings. The quantitative estimate of drug-likeness (QED) is 0.171. The Morgan fingerprint density at radius 1 is 0.404 bits per heavy atom. The Kier molecular flexibility index (Phi) is 7.61. The van der Waals surface area contributed by atoms with E-state index in [1.165, 1.54) is 109 Å². The van der Waals surface area contributed by atoms with Crippen LogP contribution in [-0.4, -0.2) is 4.57 Å². The van der Waals surface area contributed by atoms with Gasteiger partial charge in [0.1, 0.15) is 0 Å². The summed E-state index contributed by atoms with van der Waals surface area (Å²) in [5, 5.41) is 7.66. The van der Waals surface area contributed by atoms with Crippen molar-refractivity contribution < 1.29 is 0 Å². The fourth-order valence-corrected chi connectivity index (χ4v) is 9.08. The topological polar surface area (TPSA) is 8.17 Å². The maximum atomic E-state index is 2.55. The summed E-state index contributed by atoms with van der Waals surface area (Å²) in [6.45, 7) is 0. The van der Waals surface area contributed by atoms with Crippen molar-refractivity contribution in [3.8, 4) is 16.8 Å². The van der Waals surface area contributed by atoms with Crippen LogP contribution in [0, 0.1) is 0 Å². The van der Waals surface area contributed by atoms with Gasteiger partial charge in [0.05, 0.1) is 28.1 Å². The van der Waals surface area contributed by atoms with E-state index in [1.54, 1.807) is 0 Å². The summed E-state index contributed by atoms with van der Waals surface area (Å²) in [6.07, 6.45) is 6.52. The number of hydrogen-bond donors (Lipinski definition) is 0. The molecule has 250 valence electrons. The summed E-state index contributed by atoms with van der Waals surface area (Å²) in [5.74, 6) is 0.595. The van der Waals surface area contributed by atoms with Gasteiger partial charge < -0.3 is 9.47 Å². The summed E-state index contributed by atoms with van der Waals surface area (Å²) in [4.78, 5) is 2.55. The molecule has 0 N–H and O–H groups in total. The lowest BCUT2D eigenvalue weighted by Gasteiger charge is -2.30.